The second-order valence-electron chi connectivity index (χ2n) is 8.24. The minimum atomic E-state index is -0.553. The molecule has 0 amide bonds. The second-order valence-corrected chi connectivity index (χ2v) is 20.5. The molecular formula is C27H33PSe3. The molecule has 0 atom stereocenters. The van der Waals surface area contributed by atoms with Crippen LogP contribution in [-0.4, -0.2) is 44.9 Å². The molecule has 3 rings (SSSR count). The fraction of sp³-hybridized carbons (Fsp3) is 0.333. The van der Waals surface area contributed by atoms with Gasteiger partial charge in [0.1, 0.15) is 0 Å². The van der Waals surface area contributed by atoms with Crippen LogP contribution in [0.2, 0.25) is 14.4 Å². The van der Waals surface area contributed by atoms with E-state index in [1.807, 2.05) is 0 Å². The van der Waals surface area contributed by atoms with E-state index in [4.69, 9.17) is 0 Å². The van der Waals surface area contributed by atoms with E-state index in [-0.39, 0.29) is 0 Å². The van der Waals surface area contributed by atoms with Gasteiger partial charge in [-0.15, -0.1) is 0 Å². The summed E-state index contributed by atoms with van der Waals surface area (Å²) in [5.41, 5.74) is 0. The molecule has 4 heteroatoms. The van der Waals surface area contributed by atoms with Crippen molar-refractivity contribution in [1.29, 1.82) is 0 Å². The summed E-state index contributed by atoms with van der Waals surface area (Å²) in [5, 5.41) is 4.76. The molecule has 0 radical (unpaired) electrons. The van der Waals surface area contributed by atoms with Gasteiger partial charge in [0.25, 0.3) is 0 Å². The van der Waals surface area contributed by atoms with Crippen LogP contribution in [-0.2, 0) is 0 Å². The topological polar surface area (TPSA) is 0 Å². The molecule has 0 unspecified atom stereocenters. The van der Waals surface area contributed by atoms with E-state index in [1.165, 1.54) is 0 Å². The summed E-state index contributed by atoms with van der Waals surface area (Å²) in [7, 11) is -0.553. The standard InChI is InChI=1S/C27H33PSe3/c1-19(2)29-25-16-10-7-13-22(25)28(23-14-8-11-17-26(23)30-20(3)4)24-15-9-12-18-27(24)31-21(5)6/h7-21H,1-6H3. The molecule has 164 valence electrons. The molecule has 0 aliphatic carbocycles. The number of hydrogen-bond acceptors (Lipinski definition) is 0. The first-order chi connectivity index (χ1) is 14.9. The predicted octanol–water partition coefficient (Wildman–Crippen LogP) is 3.92. The molecule has 0 aromatic heterocycles. The zero-order valence-corrected chi connectivity index (χ0v) is 25.4. The van der Waals surface area contributed by atoms with Crippen molar-refractivity contribution in [2.24, 2.45) is 0 Å². The van der Waals surface area contributed by atoms with Crippen LogP contribution in [0.25, 0.3) is 0 Å². The summed E-state index contributed by atoms with van der Waals surface area (Å²) in [6, 6.07) is 28.0. The SMILES string of the molecule is CC(C)[Se]c1ccccc1P(c1ccccc1[Se]C(C)C)c1ccccc1[Se]C(C)C. The van der Waals surface area contributed by atoms with E-state index in [0.717, 1.165) is 14.4 Å². The summed E-state index contributed by atoms with van der Waals surface area (Å²) >= 11 is 1.48. The molecule has 0 spiro atoms. The van der Waals surface area contributed by atoms with Gasteiger partial charge in [-0.05, 0) is 0 Å². The molecule has 0 bridgehead atoms. The van der Waals surface area contributed by atoms with Gasteiger partial charge in [-0.25, -0.2) is 0 Å². The summed E-state index contributed by atoms with van der Waals surface area (Å²) in [5.74, 6) is 0. The molecule has 0 nitrogen and oxygen atoms in total. The third-order valence-corrected chi connectivity index (χ3v) is 14.8. The molecule has 31 heavy (non-hydrogen) atoms. The van der Waals surface area contributed by atoms with E-state index in [9.17, 15) is 0 Å². The van der Waals surface area contributed by atoms with E-state index in [1.54, 1.807) is 29.3 Å². The third kappa shape index (κ3) is 7.06. The fourth-order valence-electron chi connectivity index (χ4n) is 3.38. The van der Waals surface area contributed by atoms with Gasteiger partial charge >= 0.3 is 211 Å². The predicted molar refractivity (Wildman–Crippen MR) is 147 cm³/mol. The summed E-state index contributed by atoms with van der Waals surface area (Å²) in [6.45, 7) is 14.2. The Balaban J connectivity index is 2.26. The second kappa shape index (κ2) is 12.2. The van der Waals surface area contributed by atoms with E-state index >= 15 is 0 Å². The van der Waals surface area contributed by atoms with Gasteiger partial charge in [0.2, 0.25) is 0 Å². The average molecular weight is 625 g/mol. The van der Waals surface area contributed by atoms with Crippen LogP contribution in [0, 0.1) is 0 Å². The molecule has 3 aromatic carbocycles. The Morgan fingerprint density at radius 1 is 0.452 bits per heavy atom. The Morgan fingerprint density at radius 2 is 0.710 bits per heavy atom. The van der Waals surface area contributed by atoms with Crippen LogP contribution in [0.5, 0.6) is 0 Å². The van der Waals surface area contributed by atoms with Crippen LogP contribution in [0.4, 0.5) is 0 Å². The average Bonchev–Trinajstić information content (AvgIpc) is 2.70. The van der Waals surface area contributed by atoms with Crippen molar-refractivity contribution in [3.05, 3.63) is 72.8 Å². The van der Waals surface area contributed by atoms with Crippen molar-refractivity contribution >= 4 is 82.1 Å². The van der Waals surface area contributed by atoms with Crippen LogP contribution in [0.15, 0.2) is 72.8 Å². The first-order valence-corrected chi connectivity index (χ1v) is 17.8. The van der Waals surface area contributed by atoms with Crippen LogP contribution in [0.1, 0.15) is 41.5 Å². The van der Waals surface area contributed by atoms with Crippen LogP contribution < -0.4 is 29.3 Å². The normalized spacial score (nSPS) is 11.8. The Labute approximate surface area is 209 Å². The van der Waals surface area contributed by atoms with Crippen molar-refractivity contribution in [3.63, 3.8) is 0 Å². The van der Waals surface area contributed by atoms with Gasteiger partial charge in [0, 0.05) is 0 Å². The summed E-state index contributed by atoms with van der Waals surface area (Å²) in [6.07, 6.45) is 0. The Hall–Kier alpha value is -0.352. The fourth-order valence-corrected chi connectivity index (χ4v) is 13.7. The zero-order chi connectivity index (χ0) is 22.4. The van der Waals surface area contributed by atoms with E-state index < -0.39 is 7.92 Å². The minimum absolute atomic E-state index is 0.493. The number of benzene rings is 3. The maximum absolute atomic E-state index is 2.43. The van der Waals surface area contributed by atoms with Gasteiger partial charge in [-0.2, -0.15) is 0 Å². The first kappa shape index (κ1) is 25.3. The molecule has 0 saturated carbocycles. The molecule has 0 aliphatic heterocycles. The number of rotatable bonds is 9. The maximum atomic E-state index is 2.43. The molecule has 3 aromatic rings. The summed E-state index contributed by atoms with van der Waals surface area (Å²) < 4.78 is 4.78. The third-order valence-electron chi connectivity index (χ3n) is 4.41. The van der Waals surface area contributed by atoms with Gasteiger partial charge in [-0.3, -0.25) is 0 Å². The summed E-state index contributed by atoms with van der Waals surface area (Å²) in [4.78, 5) is 2.15. The molecule has 0 saturated heterocycles. The number of hydrogen-bond donors (Lipinski definition) is 0. The van der Waals surface area contributed by atoms with Crippen molar-refractivity contribution in [1.82, 2.24) is 0 Å². The van der Waals surface area contributed by atoms with Gasteiger partial charge in [-0.1, -0.05) is 0 Å². The quantitative estimate of drug-likeness (QED) is 0.250. The monoisotopic (exact) mass is 628 g/mol. The Morgan fingerprint density at radius 3 is 0.968 bits per heavy atom. The van der Waals surface area contributed by atoms with Crippen molar-refractivity contribution in [2.75, 3.05) is 0 Å². The van der Waals surface area contributed by atoms with Gasteiger partial charge < -0.3 is 0 Å². The Kier molecular flexibility index (Phi) is 9.95. The van der Waals surface area contributed by atoms with E-state index in [0.29, 0.717) is 44.9 Å². The molecule has 0 heterocycles. The van der Waals surface area contributed by atoms with Crippen LogP contribution in [0.3, 0.4) is 0 Å². The molecule has 0 aliphatic rings. The van der Waals surface area contributed by atoms with Crippen LogP contribution >= 0.6 is 7.92 Å². The van der Waals surface area contributed by atoms with Crippen molar-refractivity contribution < 1.29 is 0 Å². The van der Waals surface area contributed by atoms with Gasteiger partial charge in [0.05, 0.1) is 0 Å². The van der Waals surface area contributed by atoms with Gasteiger partial charge in [0.15, 0.2) is 0 Å². The molecule has 0 fully saturated rings. The first-order valence-electron chi connectivity index (χ1n) is 10.9. The zero-order valence-electron chi connectivity index (χ0n) is 19.3. The molecular weight excluding hydrogens is 592 g/mol. The Bertz CT molecular complexity index is 854. The van der Waals surface area contributed by atoms with E-state index in [2.05, 4.69) is 114 Å². The molecule has 0 N–H and O–H groups in total. The van der Waals surface area contributed by atoms with Crippen molar-refractivity contribution in [2.45, 2.75) is 56.0 Å². The van der Waals surface area contributed by atoms with Crippen molar-refractivity contribution in [3.8, 4) is 0 Å².